The van der Waals surface area contributed by atoms with Gasteiger partial charge >= 0.3 is 6.18 Å². The molecule has 1 aliphatic rings. The van der Waals surface area contributed by atoms with E-state index in [0.29, 0.717) is 35.1 Å². The predicted molar refractivity (Wildman–Crippen MR) is 151 cm³/mol. The monoisotopic (exact) mass is 589 g/mol. The quantitative estimate of drug-likeness (QED) is 0.261. The first-order chi connectivity index (χ1) is 19.8. The number of aromatic nitrogens is 4. The second-order valence-corrected chi connectivity index (χ2v) is 11.6. The third kappa shape index (κ3) is 6.45. The minimum absolute atomic E-state index is 0.0405. The Bertz CT molecular complexity index is 1550. The summed E-state index contributed by atoms with van der Waals surface area (Å²) in [6.45, 7) is 8.43. The number of carbonyl (C=O) groups excluding carboxylic acids is 1. The predicted octanol–water partition coefficient (Wildman–Crippen LogP) is 5.58. The molecule has 0 bridgehead atoms. The number of hydrogen-bond donors (Lipinski definition) is 2. The van der Waals surface area contributed by atoms with Crippen LogP contribution < -0.4 is 10.6 Å². The molecule has 42 heavy (non-hydrogen) atoms. The van der Waals surface area contributed by atoms with Crippen LogP contribution in [0.4, 0.5) is 23.2 Å². The van der Waals surface area contributed by atoms with Gasteiger partial charge in [-0.3, -0.25) is 4.79 Å². The lowest BCUT2D eigenvalue weighted by Gasteiger charge is -2.35. The van der Waals surface area contributed by atoms with Gasteiger partial charge in [-0.15, -0.1) is 0 Å². The van der Waals surface area contributed by atoms with Crippen molar-refractivity contribution in [1.82, 2.24) is 29.5 Å². The number of benzene rings is 1. The van der Waals surface area contributed by atoms with Gasteiger partial charge in [0.25, 0.3) is 5.91 Å². The maximum absolute atomic E-state index is 14.9. The molecule has 0 spiro atoms. The zero-order valence-corrected chi connectivity index (χ0v) is 24.0. The van der Waals surface area contributed by atoms with Crippen LogP contribution in [-0.2, 0) is 18.6 Å². The molecule has 13 heteroatoms. The summed E-state index contributed by atoms with van der Waals surface area (Å²) in [6.07, 6.45) is -1.53. The molecule has 4 aromatic rings. The van der Waals surface area contributed by atoms with Crippen LogP contribution in [0.15, 0.2) is 47.2 Å². The maximum atomic E-state index is 14.9. The van der Waals surface area contributed by atoms with Crippen LogP contribution in [-0.4, -0.2) is 68.1 Å². The summed E-state index contributed by atoms with van der Waals surface area (Å²) >= 11 is 0. The summed E-state index contributed by atoms with van der Waals surface area (Å²) in [5, 5.41) is 10.3. The fourth-order valence-electron chi connectivity index (χ4n) is 5.20. The van der Waals surface area contributed by atoms with Gasteiger partial charge in [-0.05, 0) is 58.0 Å². The average molecular weight is 590 g/mol. The molecule has 226 valence electrons. The molecule has 3 aromatic heterocycles. The fourth-order valence-corrected chi connectivity index (χ4v) is 5.20. The Kier molecular flexibility index (Phi) is 8.06. The first kappa shape index (κ1) is 29.6. The van der Waals surface area contributed by atoms with Gasteiger partial charge in [-0.1, -0.05) is 18.1 Å². The molecule has 0 unspecified atom stereocenters. The zero-order valence-electron chi connectivity index (χ0n) is 24.0. The molecule has 1 aromatic carbocycles. The van der Waals surface area contributed by atoms with Gasteiger partial charge in [0.1, 0.15) is 12.7 Å². The van der Waals surface area contributed by atoms with E-state index in [9.17, 15) is 22.4 Å². The van der Waals surface area contributed by atoms with Gasteiger partial charge in [0.05, 0.1) is 29.4 Å². The summed E-state index contributed by atoms with van der Waals surface area (Å²) < 4.78 is 64.2. The van der Waals surface area contributed by atoms with Crippen LogP contribution in [0.2, 0.25) is 0 Å². The van der Waals surface area contributed by atoms with Crippen molar-refractivity contribution in [3.63, 3.8) is 0 Å². The van der Waals surface area contributed by atoms with Crippen molar-refractivity contribution in [2.24, 2.45) is 0 Å². The Balaban J connectivity index is 1.39. The van der Waals surface area contributed by atoms with E-state index < -0.39 is 24.9 Å². The van der Waals surface area contributed by atoms with E-state index in [0.717, 1.165) is 17.7 Å². The number of carbonyl (C=O) groups is 1. The number of anilines is 1. The van der Waals surface area contributed by atoms with Gasteiger partial charge in [0, 0.05) is 42.1 Å². The van der Waals surface area contributed by atoms with E-state index in [-0.39, 0.29) is 35.4 Å². The molecule has 1 saturated heterocycles. The van der Waals surface area contributed by atoms with Crippen LogP contribution in [0, 0.1) is 0 Å². The highest BCUT2D eigenvalue weighted by atomic mass is 19.4. The standard InChI is InChI=1S/C29H35F4N7O2/c1-5-38-11-10-22(20(30)16-38)35-21-7-6-8-23-19(21)13-24(40(23)17-29(31,32)33)26-36-25(42-37-26)14-34-27(41)18-9-12-39(15-18)28(2,3)4/h6-9,12-13,15,20,22,35H,5,10-11,14,16-17H2,1-4H3,(H,34,41)/t20-,22+/m1/s1. The Labute approximate surface area is 240 Å². The summed E-state index contributed by atoms with van der Waals surface area (Å²) in [5.74, 6) is -0.363. The molecule has 0 saturated carbocycles. The maximum Gasteiger partial charge on any atom is 0.406 e. The molecule has 1 aliphatic heterocycles. The number of likely N-dealkylation sites (tertiary alicyclic amines) is 1. The Morgan fingerprint density at radius 3 is 2.64 bits per heavy atom. The highest BCUT2D eigenvalue weighted by Crippen LogP contribution is 2.35. The number of halogens is 4. The number of amides is 1. The Morgan fingerprint density at radius 1 is 1.19 bits per heavy atom. The first-order valence-electron chi connectivity index (χ1n) is 13.9. The Hall–Kier alpha value is -3.87. The normalized spacial score (nSPS) is 18.5. The smallest absolute Gasteiger partial charge is 0.379 e. The summed E-state index contributed by atoms with van der Waals surface area (Å²) in [4.78, 5) is 18.9. The molecule has 9 nitrogen and oxygen atoms in total. The number of nitrogens with zero attached hydrogens (tertiary/aromatic N) is 5. The van der Waals surface area contributed by atoms with Crippen molar-refractivity contribution < 1.29 is 26.9 Å². The average Bonchev–Trinajstić information content (AvgIpc) is 3.67. The zero-order chi connectivity index (χ0) is 30.2. The largest absolute Gasteiger partial charge is 0.406 e. The van der Waals surface area contributed by atoms with Gasteiger partial charge < -0.3 is 29.2 Å². The van der Waals surface area contributed by atoms with Crippen molar-refractivity contribution >= 4 is 22.5 Å². The molecule has 0 radical (unpaired) electrons. The second-order valence-electron chi connectivity index (χ2n) is 11.6. The van der Waals surface area contributed by atoms with Gasteiger partial charge in [0.15, 0.2) is 0 Å². The molecule has 1 fully saturated rings. The number of fused-ring (bicyclic) bond motifs is 1. The summed E-state index contributed by atoms with van der Waals surface area (Å²) in [5.41, 5.74) is 1.19. The van der Waals surface area contributed by atoms with Crippen LogP contribution in [0.25, 0.3) is 22.4 Å². The van der Waals surface area contributed by atoms with Crippen molar-refractivity contribution in [1.29, 1.82) is 0 Å². The van der Waals surface area contributed by atoms with E-state index in [4.69, 9.17) is 4.52 Å². The van der Waals surface area contributed by atoms with Crippen molar-refractivity contribution in [3.05, 3.63) is 54.2 Å². The molecule has 2 atom stereocenters. The minimum Gasteiger partial charge on any atom is -0.379 e. The molecule has 4 heterocycles. The number of piperidine rings is 1. The lowest BCUT2D eigenvalue weighted by atomic mass is 10.0. The van der Waals surface area contributed by atoms with Crippen LogP contribution in [0.3, 0.4) is 0 Å². The second kappa shape index (κ2) is 11.4. The minimum atomic E-state index is -4.52. The number of alkyl halides is 4. The number of rotatable bonds is 8. The lowest BCUT2D eigenvalue weighted by Crippen LogP contribution is -2.47. The first-order valence-corrected chi connectivity index (χ1v) is 13.9. The molecular formula is C29H35F4N7O2. The van der Waals surface area contributed by atoms with Crippen LogP contribution in [0.1, 0.15) is 50.4 Å². The summed E-state index contributed by atoms with van der Waals surface area (Å²) in [6, 6.07) is 7.73. The lowest BCUT2D eigenvalue weighted by molar-refractivity contribution is -0.139. The molecule has 1 amide bonds. The third-order valence-corrected chi connectivity index (χ3v) is 7.52. The number of hydrogen-bond acceptors (Lipinski definition) is 6. The van der Waals surface area contributed by atoms with Crippen LogP contribution >= 0.6 is 0 Å². The molecular weight excluding hydrogens is 554 g/mol. The van der Waals surface area contributed by atoms with Crippen molar-refractivity contribution in [2.45, 2.75) is 71.1 Å². The highest BCUT2D eigenvalue weighted by Gasteiger charge is 2.32. The molecule has 0 aliphatic carbocycles. The molecule has 5 rings (SSSR count). The van der Waals surface area contributed by atoms with Gasteiger partial charge in [0.2, 0.25) is 11.7 Å². The van der Waals surface area contributed by atoms with Gasteiger partial charge in [-0.2, -0.15) is 18.2 Å². The van der Waals surface area contributed by atoms with Crippen molar-refractivity contribution in [2.75, 3.05) is 25.0 Å². The number of nitrogens with one attached hydrogen (secondary N) is 2. The summed E-state index contributed by atoms with van der Waals surface area (Å²) in [7, 11) is 0. The molecule has 2 N–H and O–H groups in total. The van der Waals surface area contributed by atoms with Crippen LogP contribution in [0.5, 0.6) is 0 Å². The Morgan fingerprint density at radius 2 is 1.98 bits per heavy atom. The van der Waals surface area contributed by atoms with E-state index >= 15 is 0 Å². The third-order valence-electron chi connectivity index (χ3n) is 7.52. The van der Waals surface area contributed by atoms with Gasteiger partial charge in [-0.25, -0.2) is 4.39 Å². The van der Waals surface area contributed by atoms with Crippen molar-refractivity contribution in [3.8, 4) is 11.5 Å². The van der Waals surface area contributed by atoms with E-state index in [1.54, 1.807) is 36.5 Å². The highest BCUT2D eigenvalue weighted by molar-refractivity contribution is 5.96. The topological polar surface area (TPSA) is 93.2 Å². The van der Waals surface area contributed by atoms with E-state index in [1.807, 2.05) is 43.4 Å². The SMILES string of the molecule is CCN1CC[C@H](Nc2cccc3c2cc(-c2noc(CNC(=O)c4ccn(C(C)(C)C)c4)n2)n3CC(F)(F)F)[C@H](F)C1. The fraction of sp³-hybridized carbons (Fsp3) is 0.483. The van der Waals surface area contributed by atoms with E-state index in [1.165, 1.54) is 0 Å². The van der Waals surface area contributed by atoms with E-state index in [2.05, 4.69) is 20.8 Å².